The number of nitrogens with one attached hydrogen (secondary N) is 13. The second kappa shape index (κ2) is 36.5. The number of carbonyl (C=O) groups excluding carboxylic acids is 8. The molecule has 698 valence electrons. The van der Waals surface area contributed by atoms with Crippen LogP contribution in [0.4, 0.5) is 113 Å². The molecule has 8 saturated carbocycles. The van der Waals surface area contributed by atoms with Gasteiger partial charge in [0.05, 0.1) is 85.6 Å². The van der Waals surface area contributed by atoms with Gasteiger partial charge < -0.3 is 112 Å². The molecule has 21 N–H and O–H groups in total. The number of hydrogen-bond acceptors (Lipinski definition) is 29. The smallest absolute Gasteiger partial charge is 0.238 e. The van der Waals surface area contributed by atoms with Gasteiger partial charge in [-0.05, 0) is 185 Å². The van der Waals surface area contributed by atoms with Gasteiger partial charge >= 0.3 is 0 Å². The Morgan fingerprint density at radius 3 is 0.992 bits per heavy atom. The number of carbonyl (C=O) groups is 8. The zero-order chi connectivity index (χ0) is 92.6. The molecule has 24 bridgehead atoms. The first-order chi connectivity index (χ1) is 64.0. The van der Waals surface area contributed by atoms with Gasteiger partial charge in [-0.25, -0.2) is 46.3 Å². The Morgan fingerprint density at radius 1 is 0.338 bits per heavy atom. The van der Waals surface area contributed by atoms with Crippen molar-refractivity contribution in [1.82, 2.24) is 70.9 Å². The molecule has 22 rings (SSSR count). The van der Waals surface area contributed by atoms with Gasteiger partial charge in [-0.2, -0.15) is 19.9 Å². The van der Waals surface area contributed by atoms with Gasteiger partial charge in [-0.3, -0.25) is 38.4 Å². The molecular formula is C90H103F6N29O8. The van der Waals surface area contributed by atoms with E-state index < -0.39 is 100 Å². The van der Waals surface area contributed by atoms with Crippen LogP contribution in [0.3, 0.4) is 0 Å². The number of primary amides is 4. The van der Waals surface area contributed by atoms with E-state index in [1.54, 1.807) is 0 Å². The van der Waals surface area contributed by atoms with Crippen LogP contribution in [0.25, 0.3) is 0 Å². The fraction of sp³-hybridized carbons (Fsp3) is 0.467. The van der Waals surface area contributed by atoms with E-state index in [0.29, 0.717) is 60.5 Å². The highest BCUT2D eigenvalue weighted by Crippen LogP contribution is 2.54. The van der Waals surface area contributed by atoms with E-state index >= 15 is 0 Å². The molecule has 0 radical (unpaired) electrons. The predicted octanol–water partition coefficient (Wildman–Crippen LogP) is 4.94. The minimum absolute atomic E-state index is 0.0000849. The van der Waals surface area contributed by atoms with Crippen LogP contribution in [0.2, 0.25) is 0 Å². The van der Waals surface area contributed by atoms with E-state index in [9.17, 15) is 64.7 Å². The largest absolute Gasteiger partial charge is 0.369 e. The highest BCUT2D eigenvalue weighted by atomic mass is 19.1. The summed E-state index contributed by atoms with van der Waals surface area (Å²) in [6.45, 7) is 7.40. The summed E-state index contributed by atoms with van der Waals surface area (Å²) in [5.74, 6) is -7.61. The molecule has 8 amide bonds. The fourth-order valence-electron chi connectivity index (χ4n) is 23.3. The Balaban J connectivity index is 0.000000115. The van der Waals surface area contributed by atoms with Crippen molar-refractivity contribution in [3.8, 4) is 0 Å². The summed E-state index contributed by atoms with van der Waals surface area (Å²) >= 11 is 0. The van der Waals surface area contributed by atoms with Crippen LogP contribution in [0, 0.1) is 106 Å². The van der Waals surface area contributed by atoms with Crippen molar-refractivity contribution < 1.29 is 64.7 Å². The minimum atomic E-state index is -0.668. The molecule has 2 saturated heterocycles. The summed E-state index contributed by atoms with van der Waals surface area (Å²) in [4.78, 5) is 143. The molecular weight excluding hydrogens is 1730 g/mol. The summed E-state index contributed by atoms with van der Waals surface area (Å²) in [5, 5.41) is 40.1. The fourth-order valence-corrected chi connectivity index (χ4v) is 23.3. The molecule has 37 nitrogen and oxygen atoms in total. The summed E-state index contributed by atoms with van der Waals surface area (Å²) in [6, 6.07) is 17.8. The molecule has 6 aliphatic heterocycles. The summed E-state index contributed by atoms with van der Waals surface area (Å²) in [6.07, 6.45) is 9.78. The molecule has 4 aromatic carbocycles. The van der Waals surface area contributed by atoms with Crippen LogP contribution in [0.15, 0.2) is 97.6 Å². The van der Waals surface area contributed by atoms with E-state index in [0.717, 1.165) is 113 Å². The molecule has 0 unspecified atom stereocenters. The standard InChI is InChI=1S/C25H32FN9O2.C25H31FN8O2.2C20H20F2N6O2/c1-34-4-6-35(7-5-34)19-3-2-14-10-18(19)31-20(36)12-28-17-9-13-8-15(17)22(21(13)23(27)37)32-24-16(26)11-29-25(30-14)33-24;1-33-4-6-34(7-5-33)19-3-2-15-8-13(19)11-20(35)30-18-10-14-9-16(18)22(21(14)23(27)36)31-24-17(26)12-28-25(29-15)32-24;2*21-12-2-1-10-3-8(12)6-15(29)26-14-5-9-4-11(14)17(16(9)18(23)30)27-19-13(22)7-24-20(25-10)28-19/h2-3,10-11,13,15,17,21-22,28H,4-9,12H2,1H3,(H2,27,37)(H,31,36)(H2,29,30,32,33);2-3,8,12,14,16,18,21-22H,4-7,9-11H2,1H3,(H2,27,36)(H,30,35)(H2,28,29,31,32);2*1-3,7,9,11,14,16-17H,4-6H2,(H2,23,30)(H,26,29)(H2,24,25,27,28)/t13-,15+,17+,21-,22+;14-,16+,18+,21-,22+;2*9-,11+,14+,16-,17+/m0000/s1. The number of likely N-dealkylation sites (N-methyl/N-ethyl adjacent to an activating group) is 2. The molecule has 20 atom stereocenters. The van der Waals surface area contributed by atoms with E-state index in [1.165, 1.54) is 36.4 Å². The first kappa shape index (κ1) is 88.7. The van der Waals surface area contributed by atoms with Gasteiger partial charge in [0, 0.05) is 147 Å². The van der Waals surface area contributed by atoms with Gasteiger partial charge in [-0.1, -0.05) is 0 Å². The number of piperazine rings is 2. The van der Waals surface area contributed by atoms with E-state index in [-0.39, 0.29) is 185 Å². The Hall–Kier alpha value is -13.6. The highest BCUT2D eigenvalue weighted by Gasteiger charge is 2.60. The van der Waals surface area contributed by atoms with Crippen molar-refractivity contribution in [1.29, 1.82) is 0 Å². The molecule has 8 aliphatic carbocycles. The quantitative estimate of drug-likeness (QED) is 0.0980. The maximum absolute atomic E-state index is 14.8. The molecule has 43 heteroatoms. The van der Waals surface area contributed by atoms with Crippen molar-refractivity contribution in [2.24, 2.45) is 93.9 Å². The van der Waals surface area contributed by atoms with Crippen molar-refractivity contribution in [2.75, 3.05) is 131 Å². The van der Waals surface area contributed by atoms with E-state index in [2.05, 4.69) is 143 Å². The molecule has 133 heavy (non-hydrogen) atoms. The zero-order valence-corrected chi connectivity index (χ0v) is 72.6. The molecule has 8 aromatic rings. The number of aromatic nitrogens is 8. The normalized spacial score (nSPS) is 29.5. The molecule has 10 heterocycles. The van der Waals surface area contributed by atoms with Crippen LogP contribution >= 0.6 is 0 Å². The summed E-state index contributed by atoms with van der Waals surface area (Å²) in [7, 11) is 4.21. The third-order valence-corrected chi connectivity index (χ3v) is 29.3. The minimum Gasteiger partial charge on any atom is -0.369 e. The Labute approximate surface area is 759 Å². The molecule has 0 spiro atoms. The lowest BCUT2D eigenvalue weighted by molar-refractivity contribution is -0.125. The van der Waals surface area contributed by atoms with Crippen LogP contribution in [0.1, 0.15) is 68.1 Å². The van der Waals surface area contributed by atoms with Crippen LogP contribution in [-0.4, -0.2) is 218 Å². The monoisotopic (exact) mass is 1830 g/mol. The van der Waals surface area contributed by atoms with Gasteiger partial charge in [0.25, 0.3) is 0 Å². The van der Waals surface area contributed by atoms with Gasteiger partial charge in [0.2, 0.25) is 71.1 Å². The number of fused-ring (bicyclic) bond motifs is 20. The van der Waals surface area contributed by atoms with Crippen molar-refractivity contribution in [3.63, 3.8) is 0 Å². The van der Waals surface area contributed by atoms with Crippen molar-refractivity contribution in [3.05, 3.63) is 149 Å². The van der Waals surface area contributed by atoms with Crippen LogP contribution in [0.5, 0.6) is 0 Å². The zero-order valence-electron chi connectivity index (χ0n) is 72.6. The third-order valence-electron chi connectivity index (χ3n) is 29.3. The molecule has 10 fully saturated rings. The maximum atomic E-state index is 14.8. The van der Waals surface area contributed by atoms with Gasteiger partial charge in [0.15, 0.2) is 46.5 Å². The van der Waals surface area contributed by atoms with Crippen LogP contribution in [-0.2, 0) is 57.6 Å². The number of anilines is 15. The van der Waals surface area contributed by atoms with Crippen LogP contribution < -0.4 is 102 Å². The topological polar surface area (TPSA) is 513 Å². The highest BCUT2D eigenvalue weighted by molar-refractivity contribution is 5.97. The Bertz CT molecular complexity index is 5750. The maximum Gasteiger partial charge on any atom is 0.238 e. The second-order valence-electron chi connectivity index (χ2n) is 37.4. The number of benzene rings is 4. The average Bonchev–Trinajstić information content (AvgIpc) is 1.60. The lowest BCUT2D eigenvalue weighted by Crippen LogP contribution is -2.52. The number of nitrogens with zero attached hydrogens (tertiary/aromatic N) is 12. The lowest BCUT2D eigenvalue weighted by Gasteiger charge is -2.36. The number of amides is 8. The lowest BCUT2D eigenvalue weighted by atomic mass is 9.81. The third kappa shape index (κ3) is 18.4. The SMILES string of the molecule is CN1CCN(c2ccc3cc2CC(=O)N[C@@H]2C[C@@H]4C[C@H]2[C@@H](Nc2nc(ncc2F)N3)[C@H]4C(N)=O)CC1.CN1CCN(c2ccc3cc2NC(=O)CN[C@@H]2C[C@@H]4C[C@H]2[C@@H](Nc2nc(ncc2F)N3)[C@H]4C(N)=O)CC1.NC(=O)[C@H]1[C@H]2C[C@H]3[C@H]1Nc1nc(ncc1F)Nc1ccc(F)c(c1)CC(=O)N[C@@H]3C2.NC(=O)[C@H]1[C@H]2C[C@H]3[C@H]1Nc1nc(ncc1F)Nc1ccc(F)c(c1)CC(=O)N[C@@H]3C2. The summed E-state index contributed by atoms with van der Waals surface area (Å²) < 4.78 is 86.9. The van der Waals surface area contributed by atoms with E-state index in [4.69, 9.17) is 22.9 Å². The van der Waals surface area contributed by atoms with E-state index in [1.807, 2.05) is 36.4 Å². The number of halogens is 6. The van der Waals surface area contributed by atoms with Crippen molar-refractivity contribution in [2.45, 2.75) is 119 Å². The Morgan fingerprint density at radius 2 is 0.639 bits per heavy atom. The molecule has 4 aromatic heterocycles. The molecule has 14 aliphatic rings. The average molecular weight is 1830 g/mol. The Kier molecular flexibility index (Phi) is 24.4. The predicted molar refractivity (Wildman–Crippen MR) is 479 cm³/mol. The first-order valence-corrected chi connectivity index (χ1v) is 45.0. The number of nitrogens with two attached hydrogens (primary N) is 4. The first-order valence-electron chi connectivity index (χ1n) is 45.0. The number of hydrogen-bond donors (Lipinski definition) is 17. The second-order valence-corrected chi connectivity index (χ2v) is 37.4. The number of rotatable bonds is 6. The summed E-state index contributed by atoms with van der Waals surface area (Å²) in [5.41, 5.74) is 29.1. The van der Waals surface area contributed by atoms with Gasteiger partial charge in [-0.15, -0.1) is 0 Å². The van der Waals surface area contributed by atoms with Gasteiger partial charge in [0.1, 0.15) is 11.6 Å². The van der Waals surface area contributed by atoms with Crippen molar-refractivity contribution >= 4 is 134 Å².